The molecule has 0 aliphatic heterocycles. The molecule has 3 atom stereocenters. The smallest absolute Gasteiger partial charge is 0.148 e. The second-order valence-corrected chi connectivity index (χ2v) is 6.49. The summed E-state index contributed by atoms with van der Waals surface area (Å²) >= 11 is 0. The number of hydrazine groups is 1. The van der Waals surface area contributed by atoms with Gasteiger partial charge in [0.15, 0.2) is 0 Å². The Morgan fingerprint density at radius 1 is 1.05 bits per heavy atom. The van der Waals surface area contributed by atoms with Gasteiger partial charge in [-0.15, -0.1) is 0 Å². The van der Waals surface area contributed by atoms with Crippen LogP contribution in [0.2, 0.25) is 0 Å². The number of nitrogen functional groups attached to an aromatic ring is 1. The minimum atomic E-state index is 0.510. The Bertz CT molecular complexity index is 497. The van der Waals surface area contributed by atoms with Crippen molar-refractivity contribution in [1.82, 2.24) is 9.97 Å². The van der Waals surface area contributed by atoms with Gasteiger partial charge in [-0.05, 0) is 44.4 Å². The maximum Gasteiger partial charge on any atom is 0.148 e. The van der Waals surface area contributed by atoms with Crippen molar-refractivity contribution in [2.75, 3.05) is 10.7 Å². The van der Waals surface area contributed by atoms with E-state index in [1.165, 1.54) is 25.7 Å². The summed E-state index contributed by atoms with van der Waals surface area (Å²) in [5, 5.41) is 3.64. The summed E-state index contributed by atoms with van der Waals surface area (Å²) in [6.07, 6.45) is 4.91. The Hall–Kier alpha value is -1.36. The van der Waals surface area contributed by atoms with E-state index >= 15 is 0 Å². The molecule has 2 aliphatic rings. The Morgan fingerprint density at radius 3 is 2.30 bits per heavy atom. The zero-order valence-electron chi connectivity index (χ0n) is 12.6. The van der Waals surface area contributed by atoms with Crippen molar-refractivity contribution in [2.45, 2.75) is 58.4 Å². The summed E-state index contributed by atoms with van der Waals surface area (Å²) in [5.74, 6) is 10.2. The first-order chi connectivity index (χ1) is 9.60. The number of nitrogens with two attached hydrogens (primary N) is 1. The fraction of sp³-hybridized carbons (Fsp3) is 0.733. The van der Waals surface area contributed by atoms with Crippen molar-refractivity contribution < 1.29 is 0 Å². The molecule has 0 saturated heterocycles. The van der Waals surface area contributed by atoms with Gasteiger partial charge in [0.1, 0.15) is 17.5 Å². The molecule has 2 saturated carbocycles. The molecule has 2 aliphatic carbocycles. The van der Waals surface area contributed by atoms with Crippen LogP contribution >= 0.6 is 0 Å². The molecule has 110 valence electrons. The van der Waals surface area contributed by atoms with Crippen molar-refractivity contribution in [3.05, 3.63) is 11.4 Å². The molecule has 3 rings (SSSR count). The molecule has 2 fully saturated rings. The van der Waals surface area contributed by atoms with Gasteiger partial charge < -0.3 is 10.7 Å². The number of hydrogen-bond donors (Lipinski definition) is 3. The summed E-state index contributed by atoms with van der Waals surface area (Å²) in [6.45, 7) is 6.69. The highest BCUT2D eigenvalue weighted by molar-refractivity contribution is 5.57. The number of aromatic nitrogens is 2. The van der Waals surface area contributed by atoms with Crippen LogP contribution < -0.4 is 16.6 Å². The molecule has 0 amide bonds. The molecular formula is C15H25N5. The third kappa shape index (κ3) is 2.46. The van der Waals surface area contributed by atoms with Gasteiger partial charge in [-0.25, -0.2) is 15.8 Å². The molecule has 20 heavy (non-hydrogen) atoms. The van der Waals surface area contributed by atoms with Gasteiger partial charge in [0.25, 0.3) is 0 Å². The third-order valence-corrected chi connectivity index (χ3v) is 5.03. The van der Waals surface area contributed by atoms with Crippen LogP contribution in [0.1, 0.15) is 56.8 Å². The standard InChI is InChI=1S/C15H25N5/c1-8-4-7-12(9(8)2)17-13-10(3)14(20-16)19-15(18-13)11-5-6-11/h8-9,11-12H,4-7,16H2,1-3H3,(H2,17,18,19,20). The molecule has 5 nitrogen and oxygen atoms in total. The fourth-order valence-electron chi connectivity index (χ4n) is 3.08. The largest absolute Gasteiger partial charge is 0.367 e. The molecular weight excluding hydrogens is 250 g/mol. The Balaban J connectivity index is 1.86. The number of rotatable bonds is 4. The fourth-order valence-corrected chi connectivity index (χ4v) is 3.08. The van der Waals surface area contributed by atoms with E-state index in [4.69, 9.17) is 10.8 Å². The highest BCUT2D eigenvalue weighted by Gasteiger charge is 2.32. The maximum absolute atomic E-state index is 5.60. The highest BCUT2D eigenvalue weighted by atomic mass is 15.3. The lowest BCUT2D eigenvalue weighted by Crippen LogP contribution is -2.26. The Morgan fingerprint density at radius 2 is 1.75 bits per heavy atom. The average molecular weight is 275 g/mol. The quantitative estimate of drug-likeness (QED) is 0.582. The Labute approximate surface area is 120 Å². The van der Waals surface area contributed by atoms with E-state index in [0.29, 0.717) is 17.9 Å². The minimum absolute atomic E-state index is 0.510. The van der Waals surface area contributed by atoms with Crippen LogP contribution in [-0.4, -0.2) is 16.0 Å². The van der Waals surface area contributed by atoms with Gasteiger partial charge in [-0.2, -0.15) is 0 Å². The van der Waals surface area contributed by atoms with Gasteiger partial charge >= 0.3 is 0 Å². The molecule has 0 radical (unpaired) electrons. The second-order valence-electron chi connectivity index (χ2n) is 6.49. The Kier molecular flexibility index (Phi) is 3.54. The van der Waals surface area contributed by atoms with Gasteiger partial charge in [0.2, 0.25) is 0 Å². The summed E-state index contributed by atoms with van der Waals surface area (Å²) in [5.41, 5.74) is 3.73. The van der Waals surface area contributed by atoms with E-state index in [0.717, 1.165) is 28.9 Å². The molecule has 1 aromatic rings. The van der Waals surface area contributed by atoms with Crippen LogP contribution in [0.5, 0.6) is 0 Å². The topological polar surface area (TPSA) is 75.9 Å². The van der Waals surface area contributed by atoms with Gasteiger partial charge in [-0.3, -0.25) is 0 Å². The van der Waals surface area contributed by atoms with Crippen molar-refractivity contribution in [3.8, 4) is 0 Å². The number of anilines is 2. The molecule has 1 heterocycles. The second kappa shape index (κ2) is 5.20. The zero-order valence-corrected chi connectivity index (χ0v) is 12.6. The van der Waals surface area contributed by atoms with Crippen LogP contribution in [0.25, 0.3) is 0 Å². The van der Waals surface area contributed by atoms with Crippen LogP contribution in [0.15, 0.2) is 0 Å². The normalized spacial score (nSPS) is 29.5. The van der Waals surface area contributed by atoms with Crippen LogP contribution in [0, 0.1) is 18.8 Å². The van der Waals surface area contributed by atoms with Crippen LogP contribution in [-0.2, 0) is 0 Å². The molecule has 3 unspecified atom stereocenters. The summed E-state index contributed by atoms with van der Waals surface area (Å²) in [6, 6.07) is 0.510. The lowest BCUT2D eigenvalue weighted by Gasteiger charge is -2.22. The number of nitrogens with one attached hydrogen (secondary N) is 2. The first-order valence-electron chi connectivity index (χ1n) is 7.71. The van der Waals surface area contributed by atoms with Crippen molar-refractivity contribution in [1.29, 1.82) is 0 Å². The van der Waals surface area contributed by atoms with E-state index in [1.54, 1.807) is 0 Å². The predicted octanol–water partition coefficient (Wildman–Crippen LogP) is 2.79. The van der Waals surface area contributed by atoms with Crippen molar-refractivity contribution in [3.63, 3.8) is 0 Å². The third-order valence-electron chi connectivity index (χ3n) is 5.03. The first kappa shape index (κ1) is 13.6. The first-order valence-corrected chi connectivity index (χ1v) is 7.71. The molecule has 5 heteroatoms. The number of nitrogens with zero attached hydrogens (tertiary/aromatic N) is 2. The minimum Gasteiger partial charge on any atom is -0.367 e. The average Bonchev–Trinajstić information content (AvgIpc) is 3.24. The lowest BCUT2D eigenvalue weighted by molar-refractivity contribution is 0.435. The van der Waals surface area contributed by atoms with Crippen molar-refractivity contribution >= 4 is 11.6 Å². The predicted molar refractivity (Wildman–Crippen MR) is 81.5 cm³/mol. The van der Waals surface area contributed by atoms with E-state index in [-0.39, 0.29) is 0 Å². The summed E-state index contributed by atoms with van der Waals surface area (Å²) in [7, 11) is 0. The van der Waals surface area contributed by atoms with Crippen LogP contribution in [0.3, 0.4) is 0 Å². The van der Waals surface area contributed by atoms with Gasteiger partial charge in [-0.1, -0.05) is 13.8 Å². The van der Waals surface area contributed by atoms with E-state index in [1.807, 2.05) is 6.92 Å². The summed E-state index contributed by atoms with van der Waals surface area (Å²) in [4.78, 5) is 9.28. The molecule has 4 N–H and O–H groups in total. The molecule has 0 spiro atoms. The summed E-state index contributed by atoms with van der Waals surface area (Å²) < 4.78 is 0. The maximum atomic E-state index is 5.60. The van der Waals surface area contributed by atoms with Gasteiger partial charge in [0.05, 0.1) is 0 Å². The monoisotopic (exact) mass is 275 g/mol. The SMILES string of the molecule is Cc1c(NN)nc(C2CC2)nc1NC1CCC(C)C1C. The molecule has 0 aromatic carbocycles. The van der Waals surface area contributed by atoms with Crippen LogP contribution in [0.4, 0.5) is 11.6 Å². The van der Waals surface area contributed by atoms with E-state index in [2.05, 4.69) is 29.6 Å². The molecule has 1 aromatic heterocycles. The van der Waals surface area contributed by atoms with Crippen molar-refractivity contribution in [2.24, 2.45) is 17.7 Å². The van der Waals surface area contributed by atoms with E-state index < -0.39 is 0 Å². The highest BCUT2D eigenvalue weighted by Crippen LogP contribution is 2.40. The number of hydrogen-bond acceptors (Lipinski definition) is 5. The van der Waals surface area contributed by atoms with E-state index in [9.17, 15) is 0 Å². The zero-order chi connectivity index (χ0) is 14.3. The van der Waals surface area contributed by atoms with Gasteiger partial charge in [0, 0.05) is 17.5 Å². The lowest BCUT2D eigenvalue weighted by atomic mass is 9.98. The molecule has 0 bridgehead atoms.